The van der Waals surface area contributed by atoms with E-state index < -0.39 is 11.4 Å². The van der Waals surface area contributed by atoms with Gasteiger partial charge in [-0.05, 0) is 50.3 Å². The van der Waals surface area contributed by atoms with Gasteiger partial charge in [0.1, 0.15) is 0 Å². The number of hydrogen-bond acceptors (Lipinski definition) is 1. The smallest absolute Gasteiger partial charge is 0.309 e. The van der Waals surface area contributed by atoms with E-state index in [2.05, 4.69) is 26.0 Å². The number of carboxylic acids is 1. The van der Waals surface area contributed by atoms with Crippen molar-refractivity contribution in [3.63, 3.8) is 0 Å². The van der Waals surface area contributed by atoms with Crippen molar-refractivity contribution in [2.24, 2.45) is 5.41 Å². The van der Waals surface area contributed by atoms with E-state index in [1.54, 1.807) is 13.8 Å². The SMILES string of the molecule is CCc1cc(CC(C)(C)C(=O)O)ccc1C. The average Bonchev–Trinajstić information content (AvgIpc) is 2.20. The maximum absolute atomic E-state index is 11.0. The highest BCUT2D eigenvalue weighted by Gasteiger charge is 2.27. The zero-order valence-electron chi connectivity index (χ0n) is 10.5. The van der Waals surface area contributed by atoms with Crippen LogP contribution >= 0.6 is 0 Å². The number of carboxylic acid groups (broad SMARTS) is 1. The Hall–Kier alpha value is -1.31. The normalized spacial score (nSPS) is 11.5. The van der Waals surface area contributed by atoms with Crippen molar-refractivity contribution in [2.75, 3.05) is 0 Å². The van der Waals surface area contributed by atoms with Crippen LogP contribution in [0.3, 0.4) is 0 Å². The summed E-state index contributed by atoms with van der Waals surface area (Å²) >= 11 is 0. The minimum atomic E-state index is -0.744. The van der Waals surface area contributed by atoms with Crippen LogP contribution in [0.4, 0.5) is 0 Å². The van der Waals surface area contributed by atoms with Crippen LogP contribution < -0.4 is 0 Å². The lowest BCUT2D eigenvalue weighted by Crippen LogP contribution is -2.26. The summed E-state index contributed by atoms with van der Waals surface area (Å²) in [7, 11) is 0. The van der Waals surface area contributed by atoms with Crippen LogP contribution in [0.2, 0.25) is 0 Å². The summed E-state index contributed by atoms with van der Waals surface area (Å²) in [6.07, 6.45) is 1.57. The highest BCUT2D eigenvalue weighted by Crippen LogP contribution is 2.23. The van der Waals surface area contributed by atoms with Crippen LogP contribution in [0.25, 0.3) is 0 Å². The Morgan fingerprint density at radius 3 is 2.50 bits per heavy atom. The Morgan fingerprint density at radius 2 is 2.00 bits per heavy atom. The first-order valence-corrected chi connectivity index (χ1v) is 5.68. The lowest BCUT2D eigenvalue weighted by atomic mass is 9.85. The third-order valence-electron chi connectivity index (χ3n) is 3.02. The van der Waals surface area contributed by atoms with Gasteiger partial charge in [-0.25, -0.2) is 0 Å². The van der Waals surface area contributed by atoms with Crippen molar-refractivity contribution in [1.82, 2.24) is 0 Å². The number of rotatable bonds is 4. The molecule has 2 heteroatoms. The summed E-state index contributed by atoms with van der Waals surface area (Å²) in [4.78, 5) is 11.0. The molecule has 0 radical (unpaired) electrons. The second kappa shape index (κ2) is 4.69. The second-order valence-corrected chi connectivity index (χ2v) is 4.98. The minimum absolute atomic E-state index is 0.579. The summed E-state index contributed by atoms with van der Waals surface area (Å²) in [5.74, 6) is -0.744. The van der Waals surface area contributed by atoms with E-state index in [1.807, 2.05) is 6.07 Å². The molecule has 0 atom stereocenters. The van der Waals surface area contributed by atoms with Crippen molar-refractivity contribution in [3.8, 4) is 0 Å². The molecule has 1 rings (SSSR count). The predicted octanol–water partition coefficient (Wildman–Crippen LogP) is 3.21. The molecule has 1 aromatic rings. The van der Waals surface area contributed by atoms with Gasteiger partial charge in [0, 0.05) is 0 Å². The van der Waals surface area contributed by atoms with E-state index in [0.29, 0.717) is 6.42 Å². The molecule has 1 N–H and O–H groups in total. The third kappa shape index (κ3) is 2.84. The van der Waals surface area contributed by atoms with E-state index in [-0.39, 0.29) is 0 Å². The van der Waals surface area contributed by atoms with Gasteiger partial charge in [0.25, 0.3) is 0 Å². The number of aryl methyl sites for hydroxylation is 2. The van der Waals surface area contributed by atoms with Gasteiger partial charge in [0.05, 0.1) is 5.41 Å². The molecule has 88 valence electrons. The summed E-state index contributed by atoms with van der Waals surface area (Å²) in [6.45, 7) is 7.74. The fourth-order valence-corrected chi connectivity index (χ4v) is 1.80. The molecular formula is C14H20O2. The Morgan fingerprint density at radius 1 is 1.38 bits per heavy atom. The first-order chi connectivity index (χ1) is 7.36. The fourth-order valence-electron chi connectivity index (χ4n) is 1.80. The summed E-state index contributed by atoms with van der Waals surface area (Å²) < 4.78 is 0. The van der Waals surface area contributed by atoms with Crippen LogP contribution in [0.1, 0.15) is 37.5 Å². The monoisotopic (exact) mass is 220 g/mol. The summed E-state index contributed by atoms with van der Waals surface area (Å²) in [5, 5.41) is 9.08. The van der Waals surface area contributed by atoms with E-state index in [4.69, 9.17) is 5.11 Å². The van der Waals surface area contributed by atoms with Gasteiger partial charge in [0.15, 0.2) is 0 Å². The summed E-state index contributed by atoms with van der Waals surface area (Å²) in [5.41, 5.74) is 2.99. The molecule has 0 aliphatic carbocycles. The van der Waals surface area contributed by atoms with Gasteiger partial charge < -0.3 is 5.11 Å². The van der Waals surface area contributed by atoms with Gasteiger partial charge in [0.2, 0.25) is 0 Å². The lowest BCUT2D eigenvalue weighted by Gasteiger charge is -2.19. The van der Waals surface area contributed by atoms with Crippen molar-refractivity contribution in [1.29, 1.82) is 0 Å². The topological polar surface area (TPSA) is 37.3 Å². The molecule has 0 bridgehead atoms. The molecule has 0 fully saturated rings. The van der Waals surface area contributed by atoms with Crippen molar-refractivity contribution < 1.29 is 9.90 Å². The Bertz CT molecular complexity index is 392. The zero-order chi connectivity index (χ0) is 12.3. The molecule has 0 aliphatic heterocycles. The third-order valence-corrected chi connectivity index (χ3v) is 3.02. The molecule has 0 amide bonds. The molecular weight excluding hydrogens is 200 g/mol. The fraction of sp³-hybridized carbons (Fsp3) is 0.500. The van der Waals surface area contributed by atoms with Crippen molar-refractivity contribution >= 4 is 5.97 Å². The van der Waals surface area contributed by atoms with Gasteiger partial charge in [-0.2, -0.15) is 0 Å². The number of aliphatic carboxylic acids is 1. The Labute approximate surface area is 97.3 Å². The van der Waals surface area contributed by atoms with Crippen molar-refractivity contribution in [2.45, 2.75) is 40.5 Å². The van der Waals surface area contributed by atoms with E-state index in [0.717, 1.165) is 12.0 Å². The van der Waals surface area contributed by atoms with Crippen LogP contribution in [0.5, 0.6) is 0 Å². The Kier molecular flexibility index (Phi) is 3.74. The van der Waals surface area contributed by atoms with E-state index in [9.17, 15) is 4.79 Å². The number of hydrogen-bond donors (Lipinski definition) is 1. The summed E-state index contributed by atoms with van der Waals surface area (Å²) in [6, 6.07) is 6.23. The number of carbonyl (C=O) groups is 1. The van der Waals surface area contributed by atoms with Crippen LogP contribution in [-0.4, -0.2) is 11.1 Å². The second-order valence-electron chi connectivity index (χ2n) is 4.98. The van der Waals surface area contributed by atoms with Crippen LogP contribution in [-0.2, 0) is 17.6 Å². The molecule has 2 nitrogen and oxygen atoms in total. The molecule has 0 spiro atoms. The van der Waals surface area contributed by atoms with Crippen LogP contribution in [0, 0.1) is 12.3 Å². The molecule has 0 aromatic heterocycles. The largest absolute Gasteiger partial charge is 0.481 e. The molecule has 0 unspecified atom stereocenters. The highest BCUT2D eigenvalue weighted by molar-refractivity contribution is 5.74. The molecule has 1 aromatic carbocycles. The molecule has 0 saturated carbocycles. The van der Waals surface area contributed by atoms with E-state index in [1.165, 1.54) is 11.1 Å². The highest BCUT2D eigenvalue weighted by atomic mass is 16.4. The van der Waals surface area contributed by atoms with Gasteiger partial charge in [-0.1, -0.05) is 25.1 Å². The molecule has 16 heavy (non-hydrogen) atoms. The minimum Gasteiger partial charge on any atom is -0.481 e. The lowest BCUT2D eigenvalue weighted by molar-refractivity contribution is -0.146. The zero-order valence-corrected chi connectivity index (χ0v) is 10.5. The van der Waals surface area contributed by atoms with Gasteiger partial charge in [-0.15, -0.1) is 0 Å². The van der Waals surface area contributed by atoms with Gasteiger partial charge in [-0.3, -0.25) is 4.79 Å². The maximum atomic E-state index is 11.0. The first-order valence-electron chi connectivity index (χ1n) is 5.68. The molecule has 0 heterocycles. The maximum Gasteiger partial charge on any atom is 0.309 e. The Balaban J connectivity index is 2.94. The van der Waals surface area contributed by atoms with Crippen molar-refractivity contribution in [3.05, 3.63) is 34.9 Å². The predicted molar refractivity (Wildman–Crippen MR) is 65.7 cm³/mol. The van der Waals surface area contributed by atoms with Gasteiger partial charge >= 0.3 is 5.97 Å². The molecule has 0 aliphatic rings. The average molecular weight is 220 g/mol. The van der Waals surface area contributed by atoms with E-state index >= 15 is 0 Å². The first kappa shape index (κ1) is 12.8. The standard InChI is InChI=1S/C14H20O2/c1-5-12-8-11(7-6-10(12)2)9-14(3,4)13(15)16/h6-8H,5,9H2,1-4H3,(H,15,16). The number of benzene rings is 1. The molecule has 0 saturated heterocycles. The quantitative estimate of drug-likeness (QED) is 0.846. The van der Waals surface area contributed by atoms with Crippen LogP contribution in [0.15, 0.2) is 18.2 Å².